The van der Waals surface area contributed by atoms with Crippen molar-refractivity contribution in [1.29, 1.82) is 0 Å². The van der Waals surface area contributed by atoms with Crippen molar-refractivity contribution in [3.8, 4) is 0 Å². The van der Waals surface area contributed by atoms with Crippen molar-refractivity contribution in [3.05, 3.63) is 0 Å². The quantitative estimate of drug-likeness (QED) is 0.0425. The molecular weight excluding hydrogens is 789 g/mol. The minimum Gasteiger partial charge on any atom is -0.463 e. The smallest absolute Gasteiger partial charge is 0.305 e. The second-order valence-corrected chi connectivity index (χ2v) is 15.1. The molecule has 0 bridgehead atoms. The lowest BCUT2D eigenvalue weighted by Crippen LogP contribution is -2.16. The van der Waals surface area contributed by atoms with Gasteiger partial charge in [0.2, 0.25) is 0 Å². The first-order chi connectivity index (χ1) is 30.2. The van der Waals surface area contributed by atoms with E-state index in [1.165, 1.54) is 83.5 Å². The zero-order valence-electron chi connectivity index (χ0n) is 39.1. The van der Waals surface area contributed by atoms with Gasteiger partial charge in [-0.1, -0.05) is 123 Å². The summed E-state index contributed by atoms with van der Waals surface area (Å²) in [6.45, 7) is 14.4. The van der Waals surface area contributed by atoms with Crippen molar-refractivity contribution in [1.82, 2.24) is 0 Å². The highest BCUT2D eigenvalue weighted by Crippen LogP contribution is 2.14. The van der Waals surface area contributed by atoms with Gasteiger partial charge in [-0.15, -0.1) is 0 Å². The molecule has 0 aromatic carbocycles. The molecule has 364 valence electrons. The SMILES string of the molecule is CCCCCCCCCCCCCCCCCC(=O)OCCOCCOCCOCCOCCOCCOCCOCCOCCOCCOCCOC(=O)CCCCCC. The molecule has 0 amide bonds. The molecule has 0 aromatic heterocycles. The molecule has 0 radical (unpaired) electrons. The summed E-state index contributed by atoms with van der Waals surface area (Å²) in [7, 11) is 0. The first-order valence-electron chi connectivity index (χ1n) is 24.3. The lowest BCUT2D eigenvalue weighted by atomic mass is 10.0. The summed E-state index contributed by atoms with van der Waals surface area (Å²) >= 11 is 0. The van der Waals surface area contributed by atoms with Gasteiger partial charge in [0, 0.05) is 12.8 Å². The van der Waals surface area contributed by atoms with E-state index in [0.29, 0.717) is 145 Å². The first kappa shape index (κ1) is 59.5. The molecule has 14 heteroatoms. The number of esters is 2. The van der Waals surface area contributed by atoms with Gasteiger partial charge in [-0.3, -0.25) is 9.59 Å². The van der Waals surface area contributed by atoms with Crippen LogP contribution in [0.3, 0.4) is 0 Å². The van der Waals surface area contributed by atoms with Crippen LogP contribution >= 0.6 is 0 Å². The maximum atomic E-state index is 11.9. The highest BCUT2D eigenvalue weighted by Gasteiger charge is 2.04. The fraction of sp³-hybridized carbons (Fsp3) is 0.957. The number of hydrogen-bond acceptors (Lipinski definition) is 14. The van der Waals surface area contributed by atoms with Crippen LogP contribution < -0.4 is 0 Å². The summed E-state index contributed by atoms with van der Waals surface area (Å²) in [5.41, 5.74) is 0. The average Bonchev–Trinajstić information content (AvgIpc) is 3.26. The minimum absolute atomic E-state index is 0.133. The van der Waals surface area contributed by atoms with Gasteiger partial charge in [0.1, 0.15) is 13.2 Å². The molecule has 0 saturated carbocycles. The molecule has 0 heterocycles. The number of unbranched alkanes of at least 4 members (excludes halogenated alkanes) is 17. The van der Waals surface area contributed by atoms with Crippen LogP contribution in [-0.2, 0) is 66.4 Å². The molecule has 0 aliphatic heterocycles. The van der Waals surface area contributed by atoms with E-state index >= 15 is 0 Å². The molecule has 0 aromatic rings. The summed E-state index contributed by atoms with van der Waals surface area (Å²) < 4.78 is 65.3. The van der Waals surface area contributed by atoms with Gasteiger partial charge in [-0.05, 0) is 12.8 Å². The van der Waals surface area contributed by atoms with Gasteiger partial charge in [-0.2, -0.15) is 0 Å². The van der Waals surface area contributed by atoms with E-state index in [-0.39, 0.29) is 25.2 Å². The van der Waals surface area contributed by atoms with Crippen LogP contribution in [0.1, 0.15) is 149 Å². The van der Waals surface area contributed by atoms with Crippen molar-refractivity contribution >= 4 is 11.9 Å². The van der Waals surface area contributed by atoms with Gasteiger partial charge in [0.25, 0.3) is 0 Å². The zero-order chi connectivity index (χ0) is 44.0. The summed E-state index contributed by atoms with van der Waals surface area (Å²) in [5.74, 6) is -0.287. The number of carbonyl (C=O) groups is 2. The topological polar surface area (TPSA) is 145 Å². The first-order valence-corrected chi connectivity index (χ1v) is 24.3. The second-order valence-electron chi connectivity index (χ2n) is 15.1. The molecule has 61 heavy (non-hydrogen) atoms. The Morgan fingerprint density at radius 1 is 0.230 bits per heavy atom. The fourth-order valence-corrected chi connectivity index (χ4v) is 5.99. The molecule has 14 nitrogen and oxygen atoms in total. The molecule has 0 aliphatic carbocycles. The largest absolute Gasteiger partial charge is 0.463 e. The minimum atomic E-state index is -0.154. The van der Waals surface area contributed by atoms with E-state index in [9.17, 15) is 9.59 Å². The van der Waals surface area contributed by atoms with Crippen LogP contribution in [-0.4, -0.2) is 157 Å². The molecule has 0 atom stereocenters. The number of rotatable bonds is 54. The van der Waals surface area contributed by atoms with E-state index in [1.807, 2.05) is 0 Å². The predicted molar refractivity (Wildman–Crippen MR) is 238 cm³/mol. The van der Waals surface area contributed by atoms with Gasteiger partial charge in [-0.25, -0.2) is 0 Å². The third kappa shape index (κ3) is 54.6. The molecule has 0 rings (SSSR count). The third-order valence-electron chi connectivity index (χ3n) is 9.55. The van der Waals surface area contributed by atoms with Crippen molar-refractivity contribution in [3.63, 3.8) is 0 Å². The Hall–Kier alpha value is -1.46. The number of hydrogen-bond donors (Lipinski definition) is 0. The normalized spacial score (nSPS) is 11.4. The highest BCUT2D eigenvalue weighted by molar-refractivity contribution is 5.69. The van der Waals surface area contributed by atoms with Gasteiger partial charge < -0.3 is 56.8 Å². The zero-order valence-corrected chi connectivity index (χ0v) is 39.1. The van der Waals surface area contributed by atoms with Gasteiger partial charge in [0.05, 0.1) is 132 Å². The van der Waals surface area contributed by atoms with E-state index in [0.717, 1.165) is 38.5 Å². The third-order valence-corrected chi connectivity index (χ3v) is 9.55. The average molecular weight is 881 g/mol. The summed E-state index contributed by atoms with van der Waals surface area (Å²) in [6, 6.07) is 0. The van der Waals surface area contributed by atoms with Gasteiger partial charge in [0.15, 0.2) is 0 Å². The van der Waals surface area contributed by atoms with E-state index < -0.39 is 0 Å². The Morgan fingerprint density at radius 3 is 0.607 bits per heavy atom. The molecule has 0 spiro atoms. The van der Waals surface area contributed by atoms with Crippen molar-refractivity contribution in [2.75, 3.05) is 145 Å². The van der Waals surface area contributed by atoms with Crippen LogP contribution in [0.2, 0.25) is 0 Å². The lowest BCUT2D eigenvalue weighted by Gasteiger charge is -2.09. The van der Waals surface area contributed by atoms with Crippen LogP contribution in [0.25, 0.3) is 0 Å². The molecule has 0 N–H and O–H groups in total. The Labute approximate surface area is 371 Å². The van der Waals surface area contributed by atoms with E-state index in [2.05, 4.69) is 13.8 Å². The van der Waals surface area contributed by atoms with Crippen LogP contribution in [0.15, 0.2) is 0 Å². The fourth-order valence-electron chi connectivity index (χ4n) is 5.99. The van der Waals surface area contributed by atoms with Crippen LogP contribution in [0.4, 0.5) is 0 Å². The summed E-state index contributed by atoms with van der Waals surface area (Å²) in [4.78, 5) is 23.5. The molecule has 0 unspecified atom stereocenters. The Morgan fingerprint density at radius 2 is 0.393 bits per heavy atom. The lowest BCUT2D eigenvalue weighted by molar-refractivity contribution is -0.146. The van der Waals surface area contributed by atoms with E-state index in [1.54, 1.807) is 0 Å². The van der Waals surface area contributed by atoms with Crippen LogP contribution in [0.5, 0.6) is 0 Å². The van der Waals surface area contributed by atoms with Crippen molar-refractivity contribution < 1.29 is 66.4 Å². The Bertz CT molecular complexity index is 852. The number of ether oxygens (including phenoxy) is 12. The van der Waals surface area contributed by atoms with E-state index in [4.69, 9.17) is 56.8 Å². The Kier molecular flexibility index (Phi) is 53.4. The predicted octanol–water partition coefficient (Wildman–Crippen LogP) is 8.47. The number of carbonyl (C=O) groups excluding carboxylic acids is 2. The molecular formula is C47H92O14. The van der Waals surface area contributed by atoms with Crippen LogP contribution in [0, 0.1) is 0 Å². The Balaban J connectivity index is 3.15. The second kappa shape index (κ2) is 54.7. The maximum absolute atomic E-state index is 11.9. The summed E-state index contributed by atoms with van der Waals surface area (Å²) in [5, 5.41) is 0. The molecule has 0 saturated heterocycles. The van der Waals surface area contributed by atoms with Gasteiger partial charge >= 0.3 is 11.9 Å². The summed E-state index contributed by atoms with van der Waals surface area (Å²) in [6.07, 6.45) is 24.9. The van der Waals surface area contributed by atoms with Crippen molar-refractivity contribution in [2.24, 2.45) is 0 Å². The standard InChI is InChI=1S/C47H92O14/c1-3-5-7-9-10-11-12-13-14-15-16-17-18-19-21-23-47(49)61-45-43-59-41-39-57-37-35-55-33-31-53-29-27-51-25-24-50-26-28-52-30-32-54-34-36-56-38-40-58-42-44-60-46(48)22-20-8-6-4-2/h3-45H2,1-2H3. The van der Waals surface area contributed by atoms with Crippen molar-refractivity contribution in [2.45, 2.75) is 149 Å². The molecule has 0 aliphatic rings. The highest BCUT2D eigenvalue weighted by atomic mass is 16.6. The maximum Gasteiger partial charge on any atom is 0.305 e. The monoisotopic (exact) mass is 881 g/mol. The molecule has 0 fully saturated rings.